The van der Waals surface area contributed by atoms with Gasteiger partial charge in [-0.2, -0.15) is 0 Å². The first kappa shape index (κ1) is 15.4. The van der Waals surface area contributed by atoms with Crippen molar-refractivity contribution in [2.24, 2.45) is 5.92 Å². The van der Waals surface area contributed by atoms with E-state index in [0.29, 0.717) is 24.0 Å². The highest BCUT2D eigenvalue weighted by molar-refractivity contribution is 6.31. The van der Waals surface area contributed by atoms with Gasteiger partial charge in [-0.05, 0) is 23.6 Å². The van der Waals surface area contributed by atoms with Crippen LogP contribution < -0.4 is 5.32 Å². The lowest BCUT2D eigenvalue weighted by atomic mass is 9.96. The summed E-state index contributed by atoms with van der Waals surface area (Å²) in [6.45, 7) is 5.22. The van der Waals surface area contributed by atoms with Crippen molar-refractivity contribution >= 4 is 11.6 Å². The van der Waals surface area contributed by atoms with Crippen LogP contribution in [0.15, 0.2) is 18.2 Å². The molecule has 0 saturated carbocycles. The van der Waals surface area contributed by atoms with Crippen LogP contribution in [0, 0.1) is 11.7 Å². The van der Waals surface area contributed by atoms with Gasteiger partial charge in [-0.3, -0.25) is 0 Å². The molecule has 18 heavy (non-hydrogen) atoms. The minimum atomic E-state index is -0.348. The molecule has 2 nitrogen and oxygen atoms in total. The third-order valence-electron chi connectivity index (χ3n) is 3.28. The van der Waals surface area contributed by atoms with Crippen LogP contribution in [0.2, 0.25) is 5.02 Å². The summed E-state index contributed by atoms with van der Waals surface area (Å²) >= 11 is 5.92. The summed E-state index contributed by atoms with van der Waals surface area (Å²) in [4.78, 5) is 0. The van der Waals surface area contributed by atoms with Gasteiger partial charge in [-0.15, -0.1) is 0 Å². The maximum absolute atomic E-state index is 12.9. The molecule has 1 aromatic rings. The van der Waals surface area contributed by atoms with Crippen LogP contribution in [-0.2, 0) is 6.54 Å². The number of hydrogen-bond acceptors (Lipinski definition) is 2. The average molecular weight is 274 g/mol. The zero-order valence-electron chi connectivity index (χ0n) is 10.9. The quantitative estimate of drug-likeness (QED) is 0.798. The predicted octanol–water partition coefficient (Wildman–Crippen LogP) is 3.37. The smallest absolute Gasteiger partial charge is 0.124 e. The van der Waals surface area contributed by atoms with Crippen molar-refractivity contribution in [3.05, 3.63) is 34.6 Å². The van der Waals surface area contributed by atoms with Gasteiger partial charge in [-0.1, -0.05) is 44.4 Å². The van der Waals surface area contributed by atoms with Crippen LogP contribution in [0.5, 0.6) is 0 Å². The van der Waals surface area contributed by atoms with Crippen LogP contribution in [0.1, 0.15) is 32.3 Å². The maximum Gasteiger partial charge on any atom is 0.124 e. The molecule has 0 aromatic heterocycles. The minimum absolute atomic E-state index is 0.321. The lowest BCUT2D eigenvalue weighted by Crippen LogP contribution is -2.32. The molecule has 0 bridgehead atoms. The fraction of sp³-hybridized carbons (Fsp3) is 0.571. The second kappa shape index (κ2) is 7.72. The molecule has 0 aliphatic rings. The van der Waals surface area contributed by atoms with E-state index in [0.717, 1.165) is 18.4 Å². The van der Waals surface area contributed by atoms with Gasteiger partial charge in [0.25, 0.3) is 0 Å². The largest absolute Gasteiger partial charge is 0.392 e. The summed E-state index contributed by atoms with van der Waals surface area (Å²) in [5, 5.41) is 13.5. The number of halogens is 2. The van der Waals surface area contributed by atoms with Gasteiger partial charge in [0.2, 0.25) is 0 Å². The predicted molar refractivity (Wildman–Crippen MR) is 73.2 cm³/mol. The van der Waals surface area contributed by atoms with Crippen LogP contribution in [-0.4, -0.2) is 17.8 Å². The third kappa shape index (κ3) is 4.56. The van der Waals surface area contributed by atoms with Crippen molar-refractivity contribution in [3.63, 3.8) is 0 Å². The van der Waals surface area contributed by atoms with Crippen molar-refractivity contribution < 1.29 is 9.50 Å². The van der Waals surface area contributed by atoms with E-state index in [1.807, 2.05) is 0 Å². The molecule has 0 radical (unpaired) electrons. The Morgan fingerprint density at radius 3 is 2.56 bits per heavy atom. The zero-order chi connectivity index (χ0) is 13.5. The number of hydrogen-bond donors (Lipinski definition) is 2. The summed E-state index contributed by atoms with van der Waals surface area (Å²) in [5.74, 6) is -0.0120. The van der Waals surface area contributed by atoms with Gasteiger partial charge < -0.3 is 10.4 Å². The van der Waals surface area contributed by atoms with Gasteiger partial charge in [0.05, 0.1) is 6.10 Å². The van der Waals surface area contributed by atoms with Crippen molar-refractivity contribution in [3.8, 4) is 0 Å². The topological polar surface area (TPSA) is 32.3 Å². The molecule has 1 unspecified atom stereocenters. The van der Waals surface area contributed by atoms with Crippen molar-refractivity contribution in [2.45, 2.75) is 39.3 Å². The molecule has 0 fully saturated rings. The van der Waals surface area contributed by atoms with Gasteiger partial charge in [0.15, 0.2) is 0 Å². The highest BCUT2D eigenvalue weighted by atomic mass is 35.5. The monoisotopic (exact) mass is 273 g/mol. The lowest BCUT2D eigenvalue weighted by Gasteiger charge is -2.20. The first-order valence-corrected chi connectivity index (χ1v) is 6.79. The van der Waals surface area contributed by atoms with Crippen LogP contribution in [0.25, 0.3) is 0 Å². The summed E-state index contributed by atoms with van der Waals surface area (Å²) in [6, 6.07) is 4.35. The highest BCUT2D eigenvalue weighted by Crippen LogP contribution is 2.17. The summed E-state index contributed by atoms with van der Waals surface area (Å²) in [5.41, 5.74) is 0.842. The van der Waals surface area contributed by atoms with E-state index in [2.05, 4.69) is 19.2 Å². The molecular weight excluding hydrogens is 253 g/mol. The molecule has 1 atom stereocenters. The van der Waals surface area contributed by atoms with Gasteiger partial charge >= 0.3 is 0 Å². The van der Waals surface area contributed by atoms with E-state index in [-0.39, 0.29) is 11.9 Å². The molecule has 0 amide bonds. The molecule has 0 heterocycles. The SMILES string of the molecule is CCC(CC)C(O)CNCc1ccc(F)cc1Cl. The Bertz CT molecular complexity index is 369. The second-order valence-electron chi connectivity index (χ2n) is 4.51. The molecule has 1 aromatic carbocycles. The fourth-order valence-corrected chi connectivity index (χ4v) is 2.25. The second-order valence-corrected chi connectivity index (χ2v) is 4.92. The number of rotatable bonds is 7. The summed E-state index contributed by atoms with van der Waals surface area (Å²) in [7, 11) is 0. The minimum Gasteiger partial charge on any atom is -0.392 e. The first-order chi connectivity index (χ1) is 8.58. The Kier molecular flexibility index (Phi) is 6.61. The Hall–Kier alpha value is -0.640. The number of aliphatic hydroxyl groups excluding tert-OH is 1. The molecule has 0 spiro atoms. The number of benzene rings is 1. The highest BCUT2D eigenvalue weighted by Gasteiger charge is 2.14. The standard InChI is InChI=1S/C14H21ClFNO/c1-3-10(4-2)14(18)9-17-8-11-5-6-12(16)7-13(11)15/h5-7,10,14,17-18H,3-4,8-9H2,1-2H3. The Labute approximate surface area is 113 Å². The lowest BCUT2D eigenvalue weighted by molar-refractivity contribution is 0.101. The van der Waals surface area contributed by atoms with Crippen LogP contribution in [0.4, 0.5) is 4.39 Å². The third-order valence-corrected chi connectivity index (χ3v) is 3.63. The molecule has 0 aliphatic carbocycles. The molecule has 0 saturated heterocycles. The maximum atomic E-state index is 12.9. The Morgan fingerprint density at radius 2 is 2.00 bits per heavy atom. The first-order valence-electron chi connectivity index (χ1n) is 6.41. The average Bonchev–Trinajstić information content (AvgIpc) is 2.33. The van der Waals surface area contributed by atoms with E-state index in [1.54, 1.807) is 6.07 Å². The summed E-state index contributed by atoms with van der Waals surface area (Å²) < 4.78 is 12.9. The van der Waals surface area contributed by atoms with Crippen molar-refractivity contribution in [1.29, 1.82) is 0 Å². The molecular formula is C14H21ClFNO. The van der Waals surface area contributed by atoms with E-state index in [1.165, 1.54) is 12.1 Å². The zero-order valence-corrected chi connectivity index (χ0v) is 11.7. The summed E-state index contributed by atoms with van der Waals surface area (Å²) in [6.07, 6.45) is 1.59. The fourth-order valence-electron chi connectivity index (χ4n) is 2.02. The van der Waals surface area contributed by atoms with E-state index >= 15 is 0 Å². The molecule has 102 valence electrons. The van der Waals surface area contributed by atoms with Gasteiger partial charge in [-0.25, -0.2) is 4.39 Å². The molecule has 2 N–H and O–H groups in total. The normalized spacial score (nSPS) is 13.0. The molecule has 1 rings (SSSR count). The van der Waals surface area contributed by atoms with Gasteiger partial charge in [0, 0.05) is 18.1 Å². The Balaban J connectivity index is 2.41. The van der Waals surface area contributed by atoms with Gasteiger partial charge in [0.1, 0.15) is 5.82 Å². The number of nitrogens with one attached hydrogen (secondary N) is 1. The van der Waals surface area contributed by atoms with E-state index < -0.39 is 0 Å². The van der Waals surface area contributed by atoms with Crippen LogP contribution >= 0.6 is 11.6 Å². The van der Waals surface area contributed by atoms with Crippen molar-refractivity contribution in [2.75, 3.05) is 6.54 Å². The molecule has 4 heteroatoms. The van der Waals surface area contributed by atoms with E-state index in [9.17, 15) is 9.50 Å². The Morgan fingerprint density at radius 1 is 1.33 bits per heavy atom. The van der Waals surface area contributed by atoms with E-state index in [4.69, 9.17) is 11.6 Å². The number of aliphatic hydroxyl groups is 1. The van der Waals surface area contributed by atoms with Crippen LogP contribution in [0.3, 0.4) is 0 Å². The molecule has 0 aliphatic heterocycles. The van der Waals surface area contributed by atoms with Crippen molar-refractivity contribution in [1.82, 2.24) is 5.32 Å².